The van der Waals surface area contributed by atoms with Crippen LogP contribution >= 0.6 is 0 Å². The predicted molar refractivity (Wildman–Crippen MR) is 68.8 cm³/mol. The molecule has 1 heterocycles. The molecule has 1 aromatic carbocycles. The maximum absolute atomic E-state index is 5.54. The third kappa shape index (κ3) is 2.69. The number of fused-ring (bicyclic) bond motifs is 1. The Morgan fingerprint density at radius 3 is 2.71 bits per heavy atom. The molecule has 0 aliphatic heterocycles. The van der Waals surface area contributed by atoms with E-state index in [0.29, 0.717) is 5.69 Å². The van der Waals surface area contributed by atoms with E-state index in [-0.39, 0.29) is 11.9 Å². The van der Waals surface area contributed by atoms with Crippen LogP contribution in [0.2, 0.25) is 0 Å². The molecule has 0 saturated carbocycles. The number of aromatic nitrogens is 1. The number of hydrogen-bond acceptors (Lipinski definition) is 2. The highest BCUT2D eigenvalue weighted by molar-refractivity contribution is 5.94. The number of nitrogens with zero attached hydrogens (tertiary/aromatic N) is 3. The molecule has 0 fully saturated rings. The Hall–Kier alpha value is -2.63. The average molecular weight is 228 g/mol. The highest BCUT2D eigenvalue weighted by Gasteiger charge is 1.96. The summed E-state index contributed by atoms with van der Waals surface area (Å²) in [5.41, 5.74) is 17.5. The number of aliphatic imine (C=N–C) groups is 2. The molecule has 6 N–H and O–H groups in total. The van der Waals surface area contributed by atoms with E-state index in [1.165, 1.54) is 0 Å². The van der Waals surface area contributed by atoms with Crippen LogP contribution in [-0.4, -0.2) is 16.9 Å². The van der Waals surface area contributed by atoms with Crippen LogP contribution in [0.4, 0.5) is 5.69 Å². The molecular weight excluding hydrogens is 216 g/mol. The minimum atomic E-state index is -0.117. The average Bonchev–Trinajstić information content (AvgIpc) is 2.27. The first-order valence-corrected chi connectivity index (χ1v) is 4.94. The van der Waals surface area contributed by atoms with Crippen LogP contribution in [0.15, 0.2) is 46.5 Å². The summed E-state index contributed by atoms with van der Waals surface area (Å²) in [6.45, 7) is 0. The monoisotopic (exact) mass is 228 g/mol. The Bertz CT molecular complexity index is 598. The molecule has 0 radical (unpaired) electrons. The zero-order chi connectivity index (χ0) is 12.3. The molecule has 0 unspecified atom stereocenters. The van der Waals surface area contributed by atoms with Gasteiger partial charge in [-0.1, -0.05) is 6.07 Å². The van der Waals surface area contributed by atoms with Gasteiger partial charge in [0, 0.05) is 11.6 Å². The van der Waals surface area contributed by atoms with Crippen molar-refractivity contribution in [1.29, 1.82) is 0 Å². The van der Waals surface area contributed by atoms with Gasteiger partial charge in [0.1, 0.15) is 0 Å². The fourth-order valence-corrected chi connectivity index (χ4v) is 1.42. The summed E-state index contributed by atoms with van der Waals surface area (Å²) in [5, 5.41) is 0.978. The highest BCUT2D eigenvalue weighted by atomic mass is 15.1. The summed E-state index contributed by atoms with van der Waals surface area (Å²) in [4.78, 5) is 11.9. The van der Waals surface area contributed by atoms with E-state index in [1.807, 2.05) is 24.3 Å². The summed E-state index contributed by atoms with van der Waals surface area (Å²) in [6, 6.07) is 9.31. The largest absolute Gasteiger partial charge is 0.370 e. The van der Waals surface area contributed by atoms with Crippen LogP contribution in [0.3, 0.4) is 0 Å². The van der Waals surface area contributed by atoms with E-state index >= 15 is 0 Å². The van der Waals surface area contributed by atoms with Crippen LogP contribution in [0, 0.1) is 0 Å². The number of rotatable bonds is 1. The lowest BCUT2D eigenvalue weighted by Gasteiger charge is -1.99. The van der Waals surface area contributed by atoms with Crippen LogP contribution in [0.1, 0.15) is 0 Å². The Balaban J connectivity index is 2.40. The quantitative estimate of drug-likeness (QED) is 0.485. The smallest absolute Gasteiger partial charge is 0.223 e. The van der Waals surface area contributed by atoms with Crippen molar-refractivity contribution in [2.45, 2.75) is 0 Å². The van der Waals surface area contributed by atoms with Gasteiger partial charge in [-0.3, -0.25) is 4.98 Å². The summed E-state index contributed by atoms with van der Waals surface area (Å²) in [5.74, 6) is -0.0954. The van der Waals surface area contributed by atoms with E-state index < -0.39 is 0 Å². The van der Waals surface area contributed by atoms with Crippen molar-refractivity contribution in [1.82, 2.24) is 4.98 Å². The van der Waals surface area contributed by atoms with Crippen molar-refractivity contribution in [2.24, 2.45) is 27.2 Å². The van der Waals surface area contributed by atoms with E-state index in [2.05, 4.69) is 15.0 Å². The number of guanidine groups is 2. The van der Waals surface area contributed by atoms with E-state index in [4.69, 9.17) is 17.2 Å². The van der Waals surface area contributed by atoms with Gasteiger partial charge < -0.3 is 17.2 Å². The molecule has 0 aliphatic carbocycles. The molecule has 2 aromatic rings. The molecule has 0 bridgehead atoms. The Labute approximate surface area is 97.9 Å². The molecule has 6 heteroatoms. The van der Waals surface area contributed by atoms with Gasteiger partial charge in [0.05, 0.1) is 11.2 Å². The lowest BCUT2D eigenvalue weighted by atomic mass is 10.2. The Morgan fingerprint density at radius 2 is 1.94 bits per heavy atom. The molecular formula is C11H12N6. The second-order valence-electron chi connectivity index (χ2n) is 3.39. The van der Waals surface area contributed by atoms with E-state index in [0.717, 1.165) is 10.9 Å². The topological polar surface area (TPSA) is 116 Å². The number of hydrogen-bond donors (Lipinski definition) is 3. The van der Waals surface area contributed by atoms with Gasteiger partial charge >= 0.3 is 0 Å². The first-order valence-electron chi connectivity index (χ1n) is 4.94. The van der Waals surface area contributed by atoms with Gasteiger partial charge in [-0.25, -0.2) is 4.99 Å². The zero-order valence-electron chi connectivity index (χ0n) is 9.04. The van der Waals surface area contributed by atoms with Crippen molar-refractivity contribution in [3.8, 4) is 0 Å². The van der Waals surface area contributed by atoms with E-state index in [1.54, 1.807) is 12.3 Å². The minimum Gasteiger partial charge on any atom is -0.370 e. The highest BCUT2D eigenvalue weighted by Crippen LogP contribution is 2.19. The van der Waals surface area contributed by atoms with E-state index in [9.17, 15) is 0 Å². The number of nitrogens with two attached hydrogens (primary N) is 3. The maximum Gasteiger partial charge on any atom is 0.223 e. The summed E-state index contributed by atoms with van der Waals surface area (Å²) < 4.78 is 0. The van der Waals surface area contributed by atoms with Gasteiger partial charge in [0.2, 0.25) is 5.96 Å². The van der Waals surface area contributed by atoms with Crippen LogP contribution in [0.25, 0.3) is 10.9 Å². The van der Waals surface area contributed by atoms with Crippen molar-refractivity contribution in [3.05, 3.63) is 36.5 Å². The van der Waals surface area contributed by atoms with Gasteiger partial charge in [-0.05, 0) is 24.3 Å². The first kappa shape index (κ1) is 10.9. The Kier molecular flexibility index (Phi) is 2.87. The van der Waals surface area contributed by atoms with Gasteiger partial charge in [0.25, 0.3) is 0 Å². The van der Waals surface area contributed by atoms with Crippen molar-refractivity contribution in [2.75, 3.05) is 0 Å². The fourth-order valence-electron chi connectivity index (χ4n) is 1.42. The van der Waals surface area contributed by atoms with Crippen molar-refractivity contribution < 1.29 is 0 Å². The number of pyridine rings is 1. The predicted octanol–water partition coefficient (Wildman–Crippen LogP) is 0.454. The molecule has 2 rings (SSSR count). The molecule has 0 amide bonds. The summed E-state index contributed by atoms with van der Waals surface area (Å²) >= 11 is 0. The van der Waals surface area contributed by atoms with Crippen LogP contribution in [-0.2, 0) is 0 Å². The first-order chi connectivity index (χ1) is 8.15. The summed E-state index contributed by atoms with van der Waals surface area (Å²) in [6.07, 6.45) is 1.74. The van der Waals surface area contributed by atoms with Crippen molar-refractivity contribution in [3.63, 3.8) is 0 Å². The normalized spacial score (nSPS) is 11.4. The maximum atomic E-state index is 5.54. The SMILES string of the molecule is NC(N)=NC(N)=Nc1ccc2ncccc2c1. The molecule has 86 valence electrons. The van der Waals surface area contributed by atoms with Gasteiger partial charge in [-0.2, -0.15) is 4.99 Å². The second kappa shape index (κ2) is 4.48. The fraction of sp³-hybridized carbons (Fsp3) is 0. The zero-order valence-corrected chi connectivity index (χ0v) is 9.04. The Morgan fingerprint density at radius 1 is 1.12 bits per heavy atom. The van der Waals surface area contributed by atoms with Crippen LogP contribution < -0.4 is 17.2 Å². The van der Waals surface area contributed by atoms with Crippen molar-refractivity contribution >= 4 is 28.5 Å². The lowest BCUT2D eigenvalue weighted by molar-refractivity contribution is 1.37. The second-order valence-corrected chi connectivity index (χ2v) is 3.39. The van der Waals surface area contributed by atoms with Gasteiger partial charge in [0.15, 0.2) is 5.96 Å². The third-order valence-electron chi connectivity index (χ3n) is 2.07. The molecule has 0 saturated heterocycles. The number of benzene rings is 1. The molecule has 1 aromatic heterocycles. The third-order valence-corrected chi connectivity index (χ3v) is 2.07. The lowest BCUT2D eigenvalue weighted by Crippen LogP contribution is -2.26. The molecule has 17 heavy (non-hydrogen) atoms. The van der Waals surface area contributed by atoms with Gasteiger partial charge in [-0.15, -0.1) is 0 Å². The summed E-state index contributed by atoms with van der Waals surface area (Å²) in [7, 11) is 0. The minimum absolute atomic E-state index is 0.0215. The van der Waals surface area contributed by atoms with Crippen LogP contribution in [0.5, 0.6) is 0 Å². The molecule has 6 nitrogen and oxygen atoms in total. The molecule has 0 aliphatic rings. The molecule has 0 atom stereocenters. The molecule has 0 spiro atoms. The standard InChI is InChI=1S/C11H12N6/c12-10(13)17-11(14)16-8-3-4-9-7(6-8)2-1-5-15-9/h1-6H,(H6,12,13,14,16,17).